The van der Waals surface area contributed by atoms with Crippen molar-refractivity contribution in [2.75, 3.05) is 18.4 Å². The first kappa shape index (κ1) is 19.4. The molecule has 2 aromatic carbocycles. The molecule has 1 aliphatic rings. The lowest BCUT2D eigenvalue weighted by Crippen LogP contribution is -2.37. The zero-order chi connectivity index (χ0) is 19.9. The third-order valence-corrected chi connectivity index (χ3v) is 4.87. The van der Waals surface area contributed by atoms with E-state index in [4.69, 9.17) is 5.73 Å². The molecule has 0 aromatic heterocycles. The Kier molecular flexibility index (Phi) is 6.22. The number of piperidine rings is 1. The summed E-state index contributed by atoms with van der Waals surface area (Å²) < 4.78 is 0. The molecule has 2 aromatic rings. The molecule has 0 bridgehead atoms. The van der Waals surface area contributed by atoms with Crippen LogP contribution in [0.5, 0.6) is 0 Å². The summed E-state index contributed by atoms with van der Waals surface area (Å²) in [4.78, 5) is 37.3. The van der Waals surface area contributed by atoms with E-state index in [-0.39, 0.29) is 5.91 Å². The van der Waals surface area contributed by atoms with Crippen molar-refractivity contribution in [2.45, 2.75) is 18.8 Å². The SMILES string of the molecule is NC(=O)c1cccc(NC(=O)/C=C\C(=O)N2CCC(c3ccccc3)CC2)c1. The molecular formula is C22H23N3O3. The molecule has 3 amide bonds. The van der Waals surface area contributed by atoms with Gasteiger partial charge >= 0.3 is 0 Å². The molecule has 0 radical (unpaired) electrons. The second-order valence-electron chi connectivity index (χ2n) is 6.78. The third kappa shape index (κ3) is 5.07. The number of benzene rings is 2. The minimum atomic E-state index is -0.569. The van der Waals surface area contributed by atoms with E-state index < -0.39 is 11.8 Å². The topological polar surface area (TPSA) is 92.5 Å². The summed E-state index contributed by atoms with van der Waals surface area (Å²) in [7, 11) is 0. The number of carbonyl (C=O) groups excluding carboxylic acids is 3. The maximum Gasteiger partial charge on any atom is 0.248 e. The van der Waals surface area contributed by atoms with E-state index >= 15 is 0 Å². The fraction of sp³-hybridized carbons (Fsp3) is 0.227. The quantitative estimate of drug-likeness (QED) is 0.785. The van der Waals surface area contributed by atoms with Gasteiger partial charge in [0.1, 0.15) is 0 Å². The fourth-order valence-electron chi connectivity index (χ4n) is 3.34. The molecule has 0 unspecified atom stereocenters. The number of hydrogen-bond acceptors (Lipinski definition) is 3. The Morgan fingerprint density at radius 2 is 1.68 bits per heavy atom. The van der Waals surface area contributed by atoms with Crippen LogP contribution >= 0.6 is 0 Å². The molecule has 0 aliphatic carbocycles. The van der Waals surface area contributed by atoms with E-state index in [1.807, 2.05) is 18.2 Å². The zero-order valence-electron chi connectivity index (χ0n) is 15.5. The highest BCUT2D eigenvalue weighted by Gasteiger charge is 2.22. The predicted octanol–water partition coefficient (Wildman–Crippen LogP) is 2.69. The number of primary amides is 1. The molecule has 6 nitrogen and oxygen atoms in total. The maximum absolute atomic E-state index is 12.3. The number of nitrogens with two attached hydrogens (primary N) is 1. The van der Waals surface area contributed by atoms with Crippen molar-refractivity contribution in [1.29, 1.82) is 0 Å². The zero-order valence-corrected chi connectivity index (χ0v) is 15.5. The largest absolute Gasteiger partial charge is 0.366 e. The highest BCUT2D eigenvalue weighted by molar-refractivity contribution is 6.04. The van der Waals surface area contributed by atoms with Gasteiger partial charge in [-0.2, -0.15) is 0 Å². The molecule has 1 heterocycles. The van der Waals surface area contributed by atoms with Crippen molar-refractivity contribution in [3.8, 4) is 0 Å². The van der Waals surface area contributed by atoms with Gasteiger partial charge in [-0.15, -0.1) is 0 Å². The van der Waals surface area contributed by atoms with Crippen LogP contribution in [-0.4, -0.2) is 35.7 Å². The Labute approximate surface area is 164 Å². The number of carbonyl (C=O) groups is 3. The van der Waals surface area contributed by atoms with Crippen molar-refractivity contribution >= 4 is 23.4 Å². The summed E-state index contributed by atoms with van der Waals surface area (Å²) in [5.74, 6) is -0.711. The average molecular weight is 377 g/mol. The molecule has 3 rings (SSSR count). The molecule has 0 saturated carbocycles. The number of likely N-dealkylation sites (tertiary alicyclic amines) is 1. The van der Waals surface area contributed by atoms with Crippen molar-refractivity contribution in [3.05, 3.63) is 77.9 Å². The van der Waals surface area contributed by atoms with E-state index in [9.17, 15) is 14.4 Å². The van der Waals surface area contributed by atoms with Crippen LogP contribution in [0.3, 0.4) is 0 Å². The van der Waals surface area contributed by atoms with Crippen LogP contribution < -0.4 is 11.1 Å². The van der Waals surface area contributed by atoms with Crippen molar-refractivity contribution in [2.24, 2.45) is 5.73 Å². The minimum absolute atomic E-state index is 0.174. The maximum atomic E-state index is 12.3. The van der Waals surface area contributed by atoms with Crippen LogP contribution in [0.4, 0.5) is 5.69 Å². The second kappa shape index (κ2) is 8.99. The van der Waals surface area contributed by atoms with Gasteiger partial charge in [0, 0.05) is 36.5 Å². The molecule has 144 valence electrons. The smallest absolute Gasteiger partial charge is 0.248 e. The Morgan fingerprint density at radius 3 is 2.36 bits per heavy atom. The van der Waals surface area contributed by atoms with Gasteiger partial charge in [0.15, 0.2) is 0 Å². The number of anilines is 1. The normalized spacial score (nSPS) is 14.8. The van der Waals surface area contributed by atoms with Gasteiger partial charge in [0.25, 0.3) is 0 Å². The van der Waals surface area contributed by atoms with Crippen LogP contribution in [0.1, 0.15) is 34.7 Å². The summed E-state index contributed by atoms with van der Waals surface area (Å²) >= 11 is 0. The van der Waals surface area contributed by atoms with Gasteiger partial charge in [0.05, 0.1) is 0 Å². The standard InChI is InChI=1S/C22H23N3O3/c23-22(28)18-7-4-8-19(15-18)24-20(26)9-10-21(27)25-13-11-17(12-14-25)16-5-2-1-3-6-16/h1-10,15,17H,11-14H2,(H2,23,28)(H,24,26)/b10-9-. The molecule has 1 saturated heterocycles. The monoisotopic (exact) mass is 377 g/mol. The molecule has 1 fully saturated rings. The Balaban J connectivity index is 1.50. The van der Waals surface area contributed by atoms with E-state index in [0.717, 1.165) is 12.8 Å². The second-order valence-corrected chi connectivity index (χ2v) is 6.78. The number of hydrogen-bond donors (Lipinski definition) is 2. The van der Waals surface area contributed by atoms with E-state index in [1.165, 1.54) is 23.8 Å². The molecule has 0 spiro atoms. The molecule has 1 aliphatic heterocycles. The van der Waals surface area contributed by atoms with Crippen molar-refractivity contribution in [1.82, 2.24) is 4.90 Å². The van der Waals surface area contributed by atoms with Gasteiger partial charge in [-0.1, -0.05) is 36.4 Å². The number of nitrogens with zero attached hydrogens (tertiary/aromatic N) is 1. The lowest BCUT2D eigenvalue weighted by molar-refractivity contribution is -0.127. The predicted molar refractivity (Wildman–Crippen MR) is 108 cm³/mol. The van der Waals surface area contributed by atoms with Crippen molar-refractivity contribution < 1.29 is 14.4 Å². The minimum Gasteiger partial charge on any atom is -0.366 e. The Morgan fingerprint density at radius 1 is 0.964 bits per heavy atom. The summed E-state index contributed by atoms with van der Waals surface area (Å²) in [5.41, 5.74) is 7.28. The highest BCUT2D eigenvalue weighted by atomic mass is 16.2. The first-order valence-corrected chi connectivity index (χ1v) is 9.26. The number of rotatable bonds is 5. The van der Waals surface area contributed by atoms with Crippen LogP contribution in [0.2, 0.25) is 0 Å². The fourth-order valence-corrected chi connectivity index (χ4v) is 3.34. The lowest BCUT2D eigenvalue weighted by atomic mass is 9.89. The van der Waals surface area contributed by atoms with E-state index in [1.54, 1.807) is 23.1 Å². The van der Waals surface area contributed by atoms with Gasteiger partial charge in [-0.3, -0.25) is 14.4 Å². The number of amides is 3. The average Bonchev–Trinajstić information content (AvgIpc) is 2.73. The van der Waals surface area contributed by atoms with Crippen LogP contribution in [0, 0.1) is 0 Å². The van der Waals surface area contributed by atoms with Crippen LogP contribution in [-0.2, 0) is 9.59 Å². The summed E-state index contributed by atoms with van der Waals surface area (Å²) in [6.07, 6.45) is 4.32. The van der Waals surface area contributed by atoms with Gasteiger partial charge in [-0.25, -0.2) is 0 Å². The van der Waals surface area contributed by atoms with Crippen molar-refractivity contribution in [3.63, 3.8) is 0 Å². The summed E-state index contributed by atoms with van der Waals surface area (Å²) in [6.45, 7) is 1.34. The number of nitrogens with one attached hydrogen (secondary N) is 1. The first-order chi connectivity index (χ1) is 13.5. The van der Waals surface area contributed by atoms with Gasteiger partial charge in [-0.05, 0) is 42.5 Å². The Hall–Kier alpha value is -3.41. The molecule has 6 heteroatoms. The first-order valence-electron chi connectivity index (χ1n) is 9.26. The summed E-state index contributed by atoms with van der Waals surface area (Å²) in [6, 6.07) is 16.7. The third-order valence-electron chi connectivity index (χ3n) is 4.87. The van der Waals surface area contributed by atoms with Crippen LogP contribution in [0.25, 0.3) is 0 Å². The summed E-state index contributed by atoms with van der Waals surface area (Å²) in [5, 5.41) is 2.62. The Bertz CT molecular complexity index is 885. The highest BCUT2D eigenvalue weighted by Crippen LogP contribution is 2.27. The van der Waals surface area contributed by atoms with Gasteiger partial charge in [0.2, 0.25) is 17.7 Å². The van der Waals surface area contributed by atoms with E-state index in [2.05, 4.69) is 17.4 Å². The molecular weight excluding hydrogens is 354 g/mol. The molecule has 28 heavy (non-hydrogen) atoms. The van der Waals surface area contributed by atoms with Gasteiger partial charge < -0.3 is 16.0 Å². The molecule has 3 N–H and O–H groups in total. The van der Waals surface area contributed by atoms with E-state index in [0.29, 0.717) is 30.3 Å². The lowest BCUT2D eigenvalue weighted by Gasteiger charge is -2.31. The molecule has 0 atom stereocenters. The van der Waals surface area contributed by atoms with Crippen LogP contribution in [0.15, 0.2) is 66.7 Å².